The monoisotopic (exact) mass is 247 g/mol. The van der Waals surface area contributed by atoms with E-state index in [1.54, 1.807) is 0 Å². The second-order valence-corrected chi connectivity index (χ2v) is 3.26. The largest absolute Gasteiger partial charge is 0.573 e. The van der Waals surface area contributed by atoms with E-state index >= 15 is 0 Å². The normalized spacial score (nSPS) is 11.1. The van der Waals surface area contributed by atoms with Crippen molar-refractivity contribution in [2.75, 3.05) is 13.2 Å². The van der Waals surface area contributed by atoms with Crippen LogP contribution in [0.2, 0.25) is 0 Å². The highest BCUT2D eigenvalue weighted by Gasteiger charge is 2.30. The van der Waals surface area contributed by atoms with Crippen LogP contribution in [0.5, 0.6) is 11.5 Å². The Morgan fingerprint density at radius 3 is 2.18 bits per heavy atom. The van der Waals surface area contributed by atoms with Crippen molar-refractivity contribution in [3.8, 4) is 11.5 Å². The summed E-state index contributed by atoms with van der Waals surface area (Å²) in [4.78, 5) is 0. The number of hydrogen-bond acceptors (Lipinski definition) is 3. The standard InChI is InChI=1S/C11H12F3NO2/c1-8(6-15)7-16-9-2-4-10(5-3-9)17-11(12,13)14/h2-5H,1,6-7,15H2. The van der Waals surface area contributed by atoms with Crippen LogP contribution in [0.1, 0.15) is 0 Å². The molecule has 0 aromatic heterocycles. The fourth-order valence-corrected chi connectivity index (χ4v) is 0.982. The van der Waals surface area contributed by atoms with Gasteiger partial charge in [-0.3, -0.25) is 0 Å². The molecule has 0 radical (unpaired) electrons. The minimum absolute atomic E-state index is 0.232. The number of ether oxygens (including phenoxy) is 2. The van der Waals surface area contributed by atoms with Gasteiger partial charge in [-0.05, 0) is 29.8 Å². The van der Waals surface area contributed by atoms with E-state index in [9.17, 15) is 13.2 Å². The molecule has 0 spiro atoms. The Balaban J connectivity index is 2.53. The minimum Gasteiger partial charge on any atom is -0.489 e. The van der Waals surface area contributed by atoms with Gasteiger partial charge in [0, 0.05) is 6.54 Å². The van der Waals surface area contributed by atoms with E-state index in [1.165, 1.54) is 24.3 Å². The van der Waals surface area contributed by atoms with E-state index in [4.69, 9.17) is 10.5 Å². The van der Waals surface area contributed by atoms with Crippen molar-refractivity contribution in [2.24, 2.45) is 5.73 Å². The molecule has 0 aliphatic heterocycles. The first-order valence-electron chi connectivity index (χ1n) is 4.76. The summed E-state index contributed by atoms with van der Waals surface area (Å²) in [6.45, 7) is 4.16. The zero-order valence-electron chi connectivity index (χ0n) is 8.96. The fourth-order valence-electron chi connectivity index (χ4n) is 0.982. The second kappa shape index (κ2) is 5.58. The van der Waals surface area contributed by atoms with Crippen LogP contribution in [-0.4, -0.2) is 19.5 Å². The predicted octanol–water partition coefficient (Wildman–Crippen LogP) is 2.48. The molecular formula is C11H12F3NO2. The molecule has 6 heteroatoms. The summed E-state index contributed by atoms with van der Waals surface area (Å²) in [6.07, 6.45) is -4.68. The van der Waals surface area contributed by atoms with Crippen molar-refractivity contribution < 1.29 is 22.6 Å². The molecule has 17 heavy (non-hydrogen) atoms. The third kappa shape index (κ3) is 5.26. The lowest BCUT2D eigenvalue weighted by Gasteiger charge is -2.10. The highest BCUT2D eigenvalue weighted by Crippen LogP contribution is 2.24. The minimum atomic E-state index is -4.68. The lowest BCUT2D eigenvalue weighted by molar-refractivity contribution is -0.274. The van der Waals surface area contributed by atoms with Crippen LogP contribution in [0.15, 0.2) is 36.4 Å². The molecule has 94 valence electrons. The van der Waals surface area contributed by atoms with Gasteiger partial charge in [0.05, 0.1) is 0 Å². The molecule has 0 aliphatic rings. The Morgan fingerprint density at radius 1 is 1.18 bits per heavy atom. The number of rotatable bonds is 5. The van der Waals surface area contributed by atoms with Crippen molar-refractivity contribution in [3.05, 3.63) is 36.4 Å². The molecule has 0 amide bonds. The van der Waals surface area contributed by atoms with Gasteiger partial charge in [-0.1, -0.05) is 6.58 Å². The molecular weight excluding hydrogens is 235 g/mol. The Labute approximate surface area is 96.6 Å². The van der Waals surface area contributed by atoms with Crippen LogP contribution >= 0.6 is 0 Å². The van der Waals surface area contributed by atoms with E-state index < -0.39 is 6.36 Å². The lowest BCUT2D eigenvalue weighted by Crippen LogP contribution is -2.17. The van der Waals surface area contributed by atoms with Crippen molar-refractivity contribution in [1.29, 1.82) is 0 Å². The fraction of sp³-hybridized carbons (Fsp3) is 0.273. The van der Waals surface area contributed by atoms with Crippen LogP contribution in [-0.2, 0) is 0 Å². The van der Waals surface area contributed by atoms with Gasteiger partial charge in [-0.15, -0.1) is 13.2 Å². The smallest absolute Gasteiger partial charge is 0.489 e. The van der Waals surface area contributed by atoms with E-state index in [-0.39, 0.29) is 12.4 Å². The number of hydrogen-bond donors (Lipinski definition) is 1. The molecule has 1 rings (SSSR count). The van der Waals surface area contributed by atoms with Crippen molar-refractivity contribution >= 4 is 0 Å². The topological polar surface area (TPSA) is 44.5 Å². The molecule has 0 fully saturated rings. The Bertz CT molecular complexity index is 373. The molecule has 0 heterocycles. The average Bonchev–Trinajstić information content (AvgIpc) is 2.25. The average molecular weight is 247 g/mol. The van der Waals surface area contributed by atoms with E-state index in [0.29, 0.717) is 17.9 Å². The van der Waals surface area contributed by atoms with Crippen molar-refractivity contribution in [2.45, 2.75) is 6.36 Å². The summed E-state index contributed by atoms with van der Waals surface area (Å²) < 4.78 is 44.5. The van der Waals surface area contributed by atoms with Gasteiger partial charge in [0.2, 0.25) is 0 Å². The Kier molecular flexibility index (Phi) is 4.39. The van der Waals surface area contributed by atoms with Gasteiger partial charge in [-0.2, -0.15) is 0 Å². The first-order valence-corrected chi connectivity index (χ1v) is 4.76. The van der Waals surface area contributed by atoms with Gasteiger partial charge in [0.1, 0.15) is 18.1 Å². The summed E-state index contributed by atoms with van der Waals surface area (Å²) in [5.41, 5.74) is 6.00. The number of alkyl halides is 3. The number of nitrogens with two attached hydrogens (primary N) is 1. The highest BCUT2D eigenvalue weighted by atomic mass is 19.4. The molecule has 0 saturated carbocycles. The Hall–Kier alpha value is -1.69. The molecule has 0 saturated heterocycles. The van der Waals surface area contributed by atoms with Gasteiger partial charge < -0.3 is 15.2 Å². The van der Waals surface area contributed by atoms with E-state index in [0.717, 1.165) is 0 Å². The Morgan fingerprint density at radius 2 is 1.71 bits per heavy atom. The molecule has 0 bridgehead atoms. The quantitative estimate of drug-likeness (QED) is 0.813. The summed E-state index contributed by atoms with van der Waals surface area (Å²) in [6, 6.07) is 5.11. The summed E-state index contributed by atoms with van der Waals surface area (Å²) in [5.74, 6) is 0.136. The van der Waals surface area contributed by atoms with Gasteiger partial charge in [0.25, 0.3) is 0 Å². The van der Waals surface area contributed by atoms with Gasteiger partial charge in [0.15, 0.2) is 0 Å². The second-order valence-electron chi connectivity index (χ2n) is 3.26. The summed E-state index contributed by atoms with van der Waals surface area (Å²) in [5, 5.41) is 0. The predicted molar refractivity (Wildman–Crippen MR) is 56.8 cm³/mol. The maximum atomic E-state index is 11.9. The van der Waals surface area contributed by atoms with Crippen LogP contribution < -0.4 is 15.2 Å². The summed E-state index contributed by atoms with van der Waals surface area (Å²) in [7, 11) is 0. The molecule has 3 nitrogen and oxygen atoms in total. The summed E-state index contributed by atoms with van der Waals surface area (Å²) >= 11 is 0. The highest BCUT2D eigenvalue weighted by molar-refractivity contribution is 5.31. The van der Waals surface area contributed by atoms with Crippen LogP contribution in [0.25, 0.3) is 0 Å². The number of benzene rings is 1. The molecule has 0 unspecified atom stereocenters. The zero-order valence-corrected chi connectivity index (χ0v) is 8.96. The molecule has 0 aliphatic carbocycles. The first-order chi connectivity index (χ1) is 7.90. The molecule has 1 aromatic rings. The van der Waals surface area contributed by atoms with E-state index in [2.05, 4.69) is 11.3 Å². The zero-order chi connectivity index (χ0) is 12.9. The maximum Gasteiger partial charge on any atom is 0.573 e. The third-order valence-corrected chi connectivity index (χ3v) is 1.79. The van der Waals surface area contributed by atoms with Crippen molar-refractivity contribution in [3.63, 3.8) is 0 Å². The van der Waals surface area contributed by atoms with Crippen LogP contribution in [0.3, 0.4) is 0 Å². The number of halogens is 3. The van der Waals surface area contributed by atoms with Gasteiger partial charge in [-0.25, -0.2) is 0 Å². The van der Waals surface area contributed by atoms with Crippen molar-refractivity contribution in [1.82, 2.24) is 0 Å². The molecule has 0 atom stereocenters. The van der Waals surface area contributed by atoms with Gasteiger partial charge >= 0.3 is 6.36 Å². The van der Waals surface area contributed by atoms with E-state index in [1.807, 2.05) is 0 Å². The SMILES string of the molecule is C=C(CN)COc1ccc(OC(F)(F)F)cc1. The first kappa shape index (κ1) is 13.4. The third-order valence-electron chi connectivity index (χ3n) is 1.79. The molecule has 2 N–H and O–H groups in total. The van der Waals surface area contributed by atoms with Crippen LogP contribution in [0, 0.1) is 0 Å². The maximum absolute atomic E-state index is 11.9. The van der Waals surface area contributed by atoms with Crippen LogP contribution in [0.4, 0.5) is 13.2 Å². The molecule has 1 aromatic carbocycles. The lowest BCUT2D eigenvalue weighted by atomic mass is 10.3.